The zero-order valence-corrected chi connectivity index (χ0v) is 22.3. The summed E-state index contributed by atoms with van der Waals surface area (Å²) in [4.78, 5) is 37.1. The highest BCUT2D eigenvalue weighted by atomic mass is 32.2. The SMILES string of the molecule is CC(C)C[C@H](NC(=O)[C@H](CCCNC(=N)N[N+](=O)[O-])NC(=O)CCSc1ccc2ccccc2c1)B(O)O. The Morgan fingerprint density at radius 3 is 2.50 bits per heavy atom. The molecule has 0 aromatic heterocycles. The molecule has 0 spiro atoms. The summed E-state index contributed by atoms with van der Waals surface area (Å²) in [7, 11) is -1.76. The number of guanidine groups is 1. The van der Waals surface area contributed by atoms with Crippen LogP contribution in [0.4, 0.5) is 0 Å². The first-order valence-corrected chi connectivity index (χ1v) is 13.3. The lowest BCUT2D eigenvalue weighted by Crippen LogP contribution is -2.54. The van der Waals surface area contributed by atoms with Gasteiger partial charge in [0.1, 0.15) is 6.04 Å². The first-order chi connectivity index (χ1) is 18.0. The molecule has 0 saturated carbocycles. The van der Waals surface area contributed by atoms with Gasteiger partial charge in [-0.25, -0.2) is 10.1 Å². The highest BCUT2D eigenvalue weighted by Crippen LogP contribution is 2.24. The highest BCUT2D eigenvalue weighted by molar-refractivity contribution is 7.99. The largest absolute Gasteiger partial charge is 0.475 e. The van der Waals surface area contributed by atoms with E-state index in [-0.39, 0.29) is 31.2 Å². The van der Waals surface area contributed by atoms with Crippen molar-refractivity contribution >= 4 is 47.4 Å². The van der Waals surface area contributed by atoms with Crippen LogP contribution in [0.1, 0.15) is 39.5 Å². The maximum Gasteiger partial charge on any atom is 0.475 e. The van der Waals surface area contributed by atoms with Gasteiger partial charge in [0.2, 0.25) is 11.8 Å². The molecule has 2 atom stereocenters. The molecule has 38 heavy (non-hydrogen) atoms. The average molecular weight is 546 g/mol. The van der Waals surface area contributed by atoms with Crippen molar-refractivity contribution in [3.63, 3.8) is 0 Å². The first-order valence-electron chi connectivity index (χ1n) is 12.4. The number of rotatable bonds is 15. The van der Waals surface area contributed by atoms with E-state index in [2.05, 4.69) is 22.0 Å². The molecule has 206 valence electrons. The van der Waals surface area contributed by atoms with Crippen LogP contribution in [0.5, 0.6) is 0 Å². The molecular formula is C24H35BN6O6S. The molecule has 2 rings (SSSR count). The molecule has 0 heterocycles. The number of benzene rings is 2. The Morgan fingerprint density at radius 1 is 1.13 bits per heavy atom. The van der Waals surface area contributed by atoms with Gasteiger partial charge in [0.15, 0.2) is 5.03 Å². The smallest absolute Gasteiger partial charge is 0.426 e. The number of thioether (sulfide) groups is 1. The van der Waals surface area contributed by atoms with Crippen LogP contribution in [0.3, 0.4) is 0 Å². The lowest BCUT2D eigenvalue weighted by Gasteiger charge is -2.24. The van der Waals surface area contributed by atoms with Gasteiger partial charge >= 0.3 is 7.12 Å². The standard InChI is InChI=1S/C24H35BN6O6S/c1-16(2)14-21(25(34)35)29-23(33)20(8-5-12-27-24(26)30-31(36)37)28-22(32)11-13-38-19-10-9-17-6-3-4-7-18(17)15-19/h3-4,6-7,9-10,15-16,20-21,34-35H,5,8,11-14H2,1-2H3,(H,28,32)(H,29,33)(H3,26,27,30)/t20-,21-/m0/s1. The normalized spacial score (nSPS) is 12.4. The van der Waals surface area contributed by atoms with Gasteiger partial charge in [-0.3, -0.25) is 15.0 Å². The predicted octanol–water partition coefficient (Wildman–Crippen LogP) is 1.44. The molecule has 0 unspecified atom stereocenters. The Labute approximate surface area is 226 Å². The topological polar surface area (TPSA) is 190 Å². The molecule has 0 radical (unpaired) electrons. The molecule has 0 aliphatic rings. The van der Waals surface area contributed by atoms with Crippen molar-refractivity contribution in [2.24, 2.45) is 5.92 Å². The van der Waals surface area contributed by atoms with E-state index < -0.39 is 36.0 Å². The number of carbonyl (C=O) groups is 2. The van der Waals surface area contributed by atoms with E-state index in [1.54, 1.807) is 5.43 Å². The van der Waals surface area contributed by atoms with E-state index in [4.69, 9.17) is 5.41 Å². The summed E-state index contributed by atoms with van der Waals surface area (Å²) in [6, 6.07) is 13.1. The van der Waals surface area contributed by atoms with Crippen molar-refractivity contribution in [2.75, 3.05) is 12.3 Å². The first kappa shape index (κ1) is 30.9. The molecule has 2 amide bonds. The van der Waals surface area contributed by atoms with Crippen molar-refractivity contribution in [1.29, 1.82) is 5.41 Å². The third kappa shape index (κ3) is 11.4. The van der Waals surface area contributed by atoms with Crippen LogP contribution < -0.4 is 21.4 Å². The van der Waals surface area contributed by atoms with Crippen LogP contribution in [0.15, 0.2) is 47.4 Å². The van der Waals surface area contributed by atoms with Crippen molar-refractivity contribution in [3.8, 4) is 0 Å². The van der Waals surface area contributed by atoms with Crippen molar-refractivity contribution in [1.82, 2.24) is 21.4 Å². The number of hydrogen-bond donors (Lipinski definition) is 7. The number of fused-ring (bicyclic) bond motifs is 1. The minimum Gasteiger partial charge on any atom is -0.426 e. The minimum absolute atomic E-state index is 0.0894. The number of hydrogen-bond acceptors (Lipinski definition) is 8. The van der Waals surface area contributed by atoms with E-state index in [1.807, 2.05) is 50.2 Å². The maximum absolute atomic E-state index is 13.0. The Bertz CT molecular complexity index is 1110. The van der Waals surface area contributed by atoms with Crippen LogP contribution in [0.25, 0.3) is 10.8 Å². The quantitative estimate of drug-likeness (QED) is 0.0330. The molecule has 7 N–H and O–H groups in total. The van der Waals surface area contributed by atoms with Crippen LogP contribution in [-0.4, -0.2) is 64.3 Å². The van der Waals surface area contributed by atoms with Gasteiger partial charge in [0, 0.05) is 23.6 Å². The van der Waals surface area contributed by atoms with Crippen LogP contribution in [0, 0.1) is 21.4 Å². The van der Waals surface area contributed by atoms with E-state index in [0.29, 0.717) is 18.6 Å². The predicted molar refractivity (Wildman–Crippen MR) is 148 cm³/mol. The van der Waals surface area contributed by atoms with E-state index in [0.717, 1.165) is 15.7 Å². The summed E-state index contributed by atoms with van der Waals surface area (Å²) in [5.41, 5.74) is 1.68. The van der Waals surface area contributed by atoms with Gasteiger partial charge < -0.3 is 26.0 Å². The Balaban J connectivity index is 1.94. The van der Waals surface area contributed by atoms with Crippen molar-refractivity contribution in [3.05, 3.63) is 52.6 Å². The molecule has 12 nitrogen and oxygen atoms in total. The maximum atomic E-state index is 13.0. The second-order valence-corrected chi connectivity index (χ2v) is 10.4. The third-order valence-electron chi connectivity index (χ3n) is 5.56. The number of amides is 2. The van der Waals surface area contributed by atoms with Gasteiger partial charge in [-0.15, -0.1) is 11.8 Å². The molecule has 2 aromatic rings. The molecule has 0 fully saturated rings. The number of nitrogens with one attached hydrogen (secondary N) is 5. The van der Waals surface area contributed by atoms with Gasteiger partial charge in [-0.1, -0.05) is 49.6 Å². The average Bonchev–Trinajstić information content (AvgIpc) is 2.84. The summed E-state index contributed by atoms with van der Waals surface area (Å²) in [6.45, 7) is 3.91. The molecule has 0 aliphatic heterocycles. The fraction of sp³-hybridized carbons (Fsp3) is 0.458. The Hall–Kier alpha value is -3.36. The number of nitro groups is 1. The molecule has 0 aliphatic carbocycles. The molecule has 14 heteroatoms. The van der Waals surface area contributed by atoms with Gasteiger partial charge in [0.25, 0.3) is 5.96 Å². The second kappa shape index (κ2) is 15.8. The lowest BCUT2D eigenvalue weighted by molar-refractivity contribution is -0.525. The van der Waals surface area contributed by atoms with Gasteiger partial charge in [0.05, 0.1) is 5.94 Å². The summed E-state index contributed by atoms with van der Waals surface area (Å²) in [5.74, 6) is -1.70. The van der Waals surface area contributed by atoms with Crippen molar-refractivity contribution in [2.45, 2.75) is 56.4 Å². The second-order valence-electron chi connectivity index (χ2n) is 9.20. The van der Waals surface area contributed by atoms with E-state index in [1.165, 1.54) is 11.8 Å². The fourth-order valence-corrected chi connectivity index (χ4v) is 4.65. The number of nitrogens with zero attached hydrogens (tertiary/aromatic N) is 1. The molecule has 0 saturated heterocycles. The summed E-state index contributed by atoms with van der Waals surface area (Å²) in [6.07, 6.45) is 0.972. The van der Waals surface area contributed by atoms with Crippen molar-refractivity contribution < 1.29 is 24.7 Å². The van der Waals surface area contributed by atoms with Gasteiger partial charge in [-0.2, -0.15) is 0 Å². The highest BCUT2D eigenvalue weighted by Gasteiger charge is 2.29. The minimum atomic E-state index is -1.76. The molecule has 0 bridgehead atoms. The van der Waals surface area contributed by atoms with Gasteiger partial charge in [-0.05, 0) is 48.1 Å². The number of hydrazine groups is 1. The summed E-state index contributed by atoms with van der Waals surface area (Å²) < 4.78 is 0. The summed E-state index contributed by atoms with van der Waals surface area (Å²) >= 11 is 1.53. The van der Waals surface area contributed by atoms with E-state index >= 15 is 0 Å². The zero-order chi connectivity index (χ0) is 28.1. The summed E-state index contributed by atoms with van der Waals surface area (Å²) in [5, 5.41) is 46.4. The van der Waals surface area contributed by atoms with E-state index in [9.17, 15) is 29.8 Å². The van der Waals surface area contributed by atoms with Crippen LogP contribution in [0.2, 0.25) is 0 Å². The van der Waals surface area contributed by atoms with Crippen LogP contribution >= 0.6 is 11.8 Å². The molecular weight excluding hydrogens is 511 g/mol. The Morgan fingerprint density at radius 2 is 1.84 bits per heavy atom. The fourth-order valence-electron chi connectivity index (χ4n) is 3.75. The third-order valence-corrected chi connectivity index (χ3v) is 6.55. The monoisotopic (exact) mass is 546 g/mol. The molecule has 2 aromatic carbocycles. The number of carbonyl (C=O) groups excluding carboxylic acids is 2. The Kier molecular flexibility index (Phi) is 12.8. The lowest BCUT2D eigenvalue weighted by atomic mass is 9.75. The zero-order valence-electron chi connectivity index (χ0n) is 21.5. The van der Waals surface area contributed by atoms with Crippen LogP contribution in [-0.2, 0) is 9.59 Å².